The largest absolute Gasteiger partial charge is 0.497 e. The number of Topliss-reactive ketones (excluding diaryl/α,β-unsaturated/α-hetero) is 3. The lowest BCUT2D eigenvalue weighted by Crippen LogP contribution is -2.11. The highest BCUT2D eigenvalue weighted by atomic mass is 16.5. The Kier molecular flexibility index (Phi) is 6.42. The lowest BCUT2D eigenvalue weighted by molar-refractivity contribution is 0.0967. The number of benzene rings is 3. The molecule has 0 unspecified atom stereocenters. The van der Waals surface area contributed by atoms with E-state index in [9.17, 15) is 14.4 Å². The summed E-state index contributed by atoms with van der Waals surface area (Å²) >= 11 is 0. The molecule has 0 aliphatic heterocycles. The number of carbonyl (C=O) groups is 3. The van der Waals surface area contributed by atoms with Crippen LogP contribution in [0.4, 0.5) is 0 Å². The number of hydrogen-bond acceptors (Lipinski definition) is 5. The van der Waals surface area contributed by atoms with Gasteiger partial charge in [-0.25, -0.2) is 0 Å². The highest BCUT2D eigenvalue weighted by Crippen LogP contribution is 2.24. The fourth-order valence-electron chi connectivity index (χ4n) is 3.03. The van der Waals surface area contributed by atoms with Crippen molar-refractivity contribution in [2.24, 2.45) is 0 Å². The molecule has 0 N–H and O–H groups in total. The minimum absolute atomic E-state index is 0.141. The van der Waals surface area contributed by atoms with Crippen LogP contribution in [-0.4, -0.2) is 24.5 Å². The standard InChI is InChI=1S/C25H22O5/c1-16(26)19-6-13-23(24(15-19)17(2)27)25(28)14-18-4-7-21(8-5-18)30-22-11-9-20(29-3)10-12-22/h4-13,15H,14H2,1-3H3. The van der Waals surface area contributed by atoms with Crippen LogP contribution in [0.25, 0.3) is 0 Å². The van der Waals surface area contributed by atoms with Crippen molar-refractivity contribution in [2.45, 2.75) is 20.3 Å². The Bertz CT molecular complexity index is 1080. The third kappa shape index (κ3) is 5.00. The van der Waals surface area contributed by atoms with Gasteiger partial charge in [-0.3, -0.25) is 14.4 Å². The van der Waals surface area contributed by atoms with E-state index in [2.05, 4.69) is 0 Å². The first kappa shape index (κ1) is 21.0. The van der Waals surface area contributed by atoms with E-state index in [1.54, 1.807) is 31.4 Å². The Morgan fingerprint density at radius 3 is 1.80 bits per heavy atom. The normalized spacial score (nSPS) is 10.4. The highest BCUT2D eigenvalue weighted by molar-refractivity contribution is 6.10. The van der Waals surface area contributed by atoms with Crippen molar-refractivity contribution in [3.63, 3.8) is 0 Å². The van der Waals surface area contributed by atoms with Crippen molar-refractivity contribution in [1.82, 2.24) is 0 Å². The maximum absolute atomic E-state index is 12.8. The SMILES string of the molecule is COc1ccc(Oc2ccc(CC(=O)c3ccc(C(C)=O)cc3C(C)=O)cc2)cc1. The minimum atomic E-state index is -0.246. The van der Waals surface area contributed by atoms with E-state index < -0.39 is 0 Å². The first-order chi connectivity index (χ1) is 14.4. The quantitative estimate of drug-likeness (QED) is 0.477. The van der Waals surface area contributed by atoms with Gasteiger partial charge in [0.25, 0.3) is 0 Å². The van der Waals surface area contributed by atoms with E-state index in [0.29, 0.717) is 22.6 Å². The maximum Gasteiger partial charge on any atom is 0.167 e. The van der Waals surface area contributed by atoms with Crippen LogP contribution in [-0.2, 0) is 6.42 Å². The Balaban J connectivity index is 1.72. The van der Waals surface area contributed by atoms with Gasteiger partial charge in [0, 0.05) is 23.1 Å². The zero-order chi connectivity index (χ0) is 21.7. The molecular weight excluding hydrogens is 380 g/mol. The molecule has 30 heavy (non-hydrogen) atoms. The van der Waals surface area contributed by atoms with Crippen molar-refractivity contribution in [3.8, 4) is 17.2 Å². The molecule has 0 aliphatic rings. The molecule has 3 aromatic rings. The predicted molar refractivity (Wildman–Crippen MR) is 114 cm³/mol. The monoisotopic (exact) mass is 402 g/mol. The summed E-state index contributed by atoms with van der Waals surface area (Å²) in [6, 6.07) is 19.1. The molecule has 0 heterocycles. The summed E-state index contributed by atoms with van der Waals surface area (Å²) in [6.07, 6.45) is 0.141. The van der Waals surface area contributed by atoms with Gasteiger partial charge in [-0.2, -0.15) is 0 Å². The smallest absolute Gasteiger partial charge is 0.167 e. The number of carbonyl (C=O) groups excluding carboxylic acids is 3. The Morgan fingerprint density at radius 2 is 1.27 bits per heavy atom. The van der Waals surface area contributed by atoms with Gasteiger partial charge in [0.2, 0.25) is 0 Å². The van der Waals surface area contributed by atoms with Crippen molar-refractivity contribution in [2.75, 3.05) is 7.11 Å². The Labute approximate surface area is 175 Å². The summed E-state index contributed by atoms with van der Waals surface area (Å²) in [5.41, 5.74) is 1.81. The molecule has 3 rings (SSSR count). The summed E-state index contributed by atoms with van der Waals surface area (Å²) in [7, 11) is 1.60. The van der Waals surface area contributed by atoms with Crippen LogP contribution in [0.15, 0.2) is 66.7 Å². The molecule has 3 aromatic carbocycles. The van der Waals surface area contributed by atoms with Gasteiger partial charge in [0.05, 0.1) is 7.11 Å². The van der Waals surface area contributed by atoms with E-state index in [1.807, 2.05) is 36.4 Å². The Hall–Kier alpha value is -3.73. The Morgan fingerprint density at radius 1 is 0.700 bits per heavy atom. The average Bonchev–Trinajstić information content (AvgIpc) is 2.75. The van der Waals surface area contributed by atoms with Crippen LogP contribution in [0.3, 0.4) is 0 Å². The molecular formula is C25H22O5. The summed E-state index contributed by atoms with van der Waals surface area (Å²) in [4.78, 5) is 36.3. The third-order valence-electron chi connectivity index (χ3n) is 4.69. The molecule has 0 bridgehead atoms. The van der Waals surface area contributed by atoms with Crippen molar-refractivity contribution in [3.05, 3.63) is 89.0 Å². The molecule has 0 saturated carbocycles. The number of ether oxygens (including phenoxy) is 2. The van der Waals surface area contributed by atoms with E-state index in [-0.39, 0.29) is 29.3 Å². The first-order valence-corrected chi connectivity index (χ1v) is 9.47. The fourth-order valence-corrected chi connectivity index (χ4v) is 3.03. The fraction of sp³-hybridized carbons (Fsp3) is 0.160. The lowest BCUT2D eigenvalue weighted by atomic mass is 9.94. The molecule has 0 fully saturated rings. The van der Waals surface area contributed by atoms with E-state index in [1.165, 1.54) is 19.9 Å². The third-order valence-corrected chi connectivity index (χ3v) is 4.69. The van der Waals surface area contributed by atoms with Crippen molar-refractivity contribution in [1.29, 1.82) is 0 Å². The van der Waals surface area contributed by atoms with Crippen molar-refractivity contribution >= 4 is 17.3 Å². The number of methoxy groups -OCH3 is 1. The van der Waals surface area contributed by atoms with Crippen LogP contribution in [0, 0.1) is 0 Å². The summed E-state index contributed by atoms with van der Waals surface area (Å²) in [5, 5.41) is 0. The van der Waals surface area contributed by atoms with E-state index in [0.717, 1.165) is 11.3 Å². The number of rotatable bonds is 8. The minimum Gasteiger partial charge on any atom is -0.497 e. The van der Waals surface area contributed by atoms with Gasteiger partial charge in [-0.15, -0.1) is 0 Å². The molecule has 0 atom stereocenters. The summed E-state index contributed by atoms with van der Waals surface area (Å²) in [6.45, 7) is 2.82. The van der Waals surface area contributed by atoms with E-state index >= 15 is 0 Å². The molecule has 0 spiro atoms. The lowest BCUT2D eigenvalue weighted by Gasteiger charge is -2.09. The summed E-state index contributed by atoms with van der Waals surface area (Å²) in [5.74, 6) is 1.49. The maximum atomic E-state index is 12.8. The molecule has 0 aromatic heterocycles. The first-order valence-electron chi connectivity index (χ1n) is 9.47. The van der Waals surface area contributed by atoms with Crippen LogP contribution in [0.2, 0.25) is 0 Å². The zero-order valence-electron chi connectivity index (χ0n) is 17.1. The molecule has 5 heteroatoms. The second kappa shape index (κ2) is 9.18. The second-order valence-electron chi connectivity index (χ2n) is 6.89. The summed E-state index contributed by atoms with van der Waals surface area (Å²) < 4.78 is 10.9. The molecule has 0 radical (unpaired) electrons. The van der Waals surface area contributed by atoms with Gasteiger partial charge in [0.15, 0.2) is 17.3 Å². The zero-order valence-corrected chi connectivity index (χ0v) is 17.1. The van der Waals surface area contributed by atoms with Gasteiger partial charge >= 0.3 is 0 Å². The van der Waals surface area contributed by atoms with Gasteiger partial charge in [-0.05, 0) is 67.9 Å². The predicted octanol–water partition coefficient (Wildman–Crippen LogP) is 5.32. The molecule has 152 valence electrons. The van der Waals surface area contributed by atoms with Crippen LogP contribution in [0.5, 0.6) is 17.2 Å². The average molecular weight is 402 g/mol. The number of ketones is 3. The molecule has 0 amide bonds. The van der Waals surface area contributed by atoms with Gasteiger partial charge in [-0.1, -0.05) is 18.2 Å². The molecule has 0 saturated heterocycles. The molecule has 0 aliphatic carbocycles. The second-order valence-corrected chi connectivity index (χ2v) is 6.89. The van der Waals surface area contributed by atoms with E-state index in [4.69, 9.17) is 9.47 Å². The number of hydrogen-bond donors (Lipinski definition) is 0. The van der Waals surface area contributed by atoms with Crippen LogP contribution < -0.4 is 9.47 Å². The van der Waals surface area contributed by atoms with Crippen molar-refractivity contribution < 1.29 is 23.9 Å². The highest BCUT2D eigenvalue weighted by Gasteiger charge is 2.17. The molecule has 5 nitrogen and oxygen atoms in total. The topological polar surface area (TPSA) is 69.7 Å². The van der Waals surface area contributed by atoms with Crippen LogP contribution >= 0.6 is 0 Å². The van der Waals surface area contributed by atoms with Crippen LogP contribution in [0.1, 0.15) is 50.5 Å². The van der Waals surface area contributed by atoms with Gasteiger partial charge in [0.1, 0.15) is 17.2 Å². The van der Waals surface area contributed by atoms with Gasteiger partial charge < -0.3 is 9.47 Å².